The molecule has 2 heterocycles. The van der Waals surface area contributed by atoms with E-state index in [2.05, 4.69) is 4.99 Å². The van der Waals surface area contributed by atoms with Gasteiger partial charge in [-0.25, -0.2) is 0 Å². The van der Waals surface area contributed by atoms with Crippen molar-refractivity contribution < 1.29 is 5.11 Å². The number of aromatic nitrogens is 2. The van der Waals surface area contributed by atoms with Gasteiger partial charge < -0.3 is 9.67 Å². The molecule has 0 amide bonds. The number of benzene rings is 1. The first-order valence-electron chi connectivity index (χ1n) is 6.14. The highest BCUT2D eigenvalue weighted by molar-refractivity contribution is 6.42. The molecule has 2 N–H and O–H groups in total. The van der Waals surface area contributed by atoms with Crippen molar-refractivity contribution in [1.29, 1.82) is 5.41 Å². The predicted octanol–water partition coefficient (Wildman–Crippen LogP) is 3.11. The zero-order valence-electron chi connectivity index (χ0n) is 11.4. The minimum Gasteiger partial charge on any atom is -0.493 e. The smallest absolute Gasteiger partial charge is 0.218 e. The van der Waals surface area contributed by atoms with Gasteiger partial charge in [0.2, 0.25) is 11.5 Å². The number of aliphatic imine (C=N–C) groups is 1. The van der Waals surface area contributed by atoms with Crippen molar-refractivity contribution in [2.75, 3.05) is 0 Å². The van der Waals surface area contributed by atoms with Gasteiger partial charge >= 0.3 is 0 Å². The number of hydrogen-bond acceptors (Lipinski definition) is 3. The predicted molar refractivity (Wildman–Crippen MR) is 84.4 cm³/mol. The second-order valence-electron chi connectivity index (χ2n) is 4.79. The zero-order chi connectivity index (χ0) is 15.3. The van der Waals surface area contributed by atoms with Crippen molar-refractivity contribution in [2.24, 2.45) is 19.1 Å². The first kappa shape index (κ1) is 14.0. The van der Waals surface area contributed by atoms with E-state index in [1.807, 2.05) is 0 Å². The Bertz CT molecular complexity index is 874. The van der Waals surface area contributed by atoms with Crippen LogP contribution in [0.4, 0.5) is 5.69 Å². The molecule has 0 bridgehead atoms. The molecule has 1 aromatic carbocycles. The molecule has 21 heavy (non-hydrogen) atoms. The molecule has 1 aliphatic rings. The second-order valence-corrected chi connectivity index (χ2v) is 5.61. The molecule has 0 spiro atoms. The summed E-state index contributed by atoms with van der Waals surface area (Å²) >= 11 is 12.0. The Hall–Kier alpha value is -1.98. The van der Waals surface area contributed by atoms with Gasteiger partial charge in [-0.1, -0.05) is 23.2 Å². The molecule has 7 heteroatoms. The summed E-state index contributed by atoms with van der Waals surface area (Å²) in [4.78, 5) is 4.29. The molecule has 0 atom stereocenters. The Kier molecular flexibility index (Phi) is 3.19. The lowest BCUT2D eigenvalue weighted by molar-refractivity contribution is 0.427. The zero-order valence-corrected chi connectivity index (χ0v) is 12.9. The summed E-state index contributed by atoms with van der Waals surface area (Å²) < 4.78 is 2.99. The molecule has 0 radical (unpaired) electrons. The molecular weight excluding hydrogens is 311 g/mol. The van der Waals surface area contributed by atoms with Gasteiger partial charge in [0.05, 0.1) is 15.7 Å². The van der Waals surface area contributed by atoms with Gasteiger partial charge in [0.25, 0.3) is 0 Å². The van der Waals surface area contributed by atoms with Crippen LogP contribution in [-0.2, 0) is 14.1 Å². The Morgan fingerprint density at radius 3 is 2.48 bits per heavy atom. The lowest BCUT2D eigenvalue weighted by Gasteiger charge is -2.03. The molecule has 5 nitrogen and oxygen atoms in total. The van der Waals surface area contributed by atoms with Gasteiger partial charge in [-0.15, -0.1) is 0 Å². The lowest BCUT2D eigenvalue weighted by atomic mass is 10.1. The van der Waals surface area contributed by atoms with Crippen molar-refractivity contribution >= 4 is 46.8 Å². The fraction of sp³-hybridized carbons (Fsp3) is 0.143. The van der Waals surface area contributed by atoms with Gasteiger partial charge in [0, 0.05) is 31.4 Å². The molecular formula is C14H12Cl2N4O. The van der Waals surface area contributed by atoms with Crippen molar-refractivity contribution in [3.63, 3.8) is 0 Å². The summed E-state index contributed by atoms with van der Waals surface area (Å²) in [7, 11) is 3.35. The van der Waals surface area contributed by atoms with Crippen LogP contribution in [0.15, 0.2) is 17.1 Å². The molecule has 0 aliphatic carbocycles. The molecule has 0 fully saturated rings. The maximum atomic E-state index is 10.1. The van der Waals surface area contributed by atoms with E-state index in [9.17, 15) is 5.11 Å². The maximum absolute atomic E-state index is 10.1. The summed E-state index contributed by atoms with van der Waals surface area (Å²) in [5, 5.41) is 18.9. The Morgan fingerprint density at radius 2 is 1.86 bits per heavy atom. The van der Waals surface area contributed by atoms with E-state index in [1.165, 1.54) is 4.57 Å². The monoisotopic (exact) mass is 322 g/mol. The molecule has 2 aromatic rings. The summed E-state index contributed by atoms with van der Waals surface area (Å²) in [6.45, 7) is 0. The quantitative estimate of drug-likeness (QED) is 0.832. The second kappa shape index (κ2) is 4.79. The van der Waals surface area contributed by atoms with Gasteiger partial charge in [-0.05, 0) is 18.2 Å². The molecule has 1 aromatic heterocycles. The topological polar surface area (TPSA) is 66.3 Å². The van der Waals surface area contributed by atoms with Crippen LogP contribution < -0.4 is 5.62 Å². The van der Waals surface area contributed by atoms with Crippen molar-refractivity contribution in [1.82, 2.24) is 9.13 Å². The normalized spacial score (nSPS) is 15.0. The van der Waals surface area contributed by atoms with Crippen LogP contribution in [0, 0.1) is 5.41 Å². The van der Waals surface area contributed by atoms with E-state index in [1.54, 1.807) is 43.1 Å². The van der Waals surface area contributed by atoms with E-state index < -0.39 is 0 Å². The standard InChI is InChI=1S/C14H12Cl2N4O/c1-19-12(13(21)20(2)14(19)17)3-7-6-18-11-5-10(16)9(15)4-8(7)11/h3-6,17,21H,1-2H3/b7-3+,17-14?. The minimum atomic E-state index is 0.0249. The summed E-state index contributed by atoms with van der Waals surface area (Å²) in [6, 6.07) is 3.46. The van der Waals surface area contributed by atoms with Crippen LogP contribution in [0.2, 0.25) is 10.0 Å². The summed E-state index contributed by atoms with van der Waals surface area (Å²) in [5.41, 5.74) is 3.12. The van der Waals surface area contributed by atoms with Crippen LogP contribution in [0.5, 0.6) is 5.88 Å². The summed E-state index contributed by atoms with van der Waals surface area (Å²) in [5.74, 6) is 0.0249. The van der Waals surface area contributed by atoms with E-state index in [4.69, 9.17) is 28.6 Å². The largest absolute Gasteiger partial charge is 0.493 e. The fourth-order valence-electron chi connectivity index (χ4n) is 2.27. The van der Waals surface area contributed by atoms with Crippen LogP contribution in [0.1, 0.15) is 11.3 Å². The maximum Gasteiger partial charge on any atom is 0.218 e. The van der Waals surface area contributed by atoms with Gasteiger partial charge in [-0.2, -0.15) is 0 Å². The van der Waals surface area contributed by atoms with Crippen LogP contribution in [0.25, 0.3) is 11.6 Å². The van der Waals surface area contributed by atoms with E-state index in [0.29, 0.717) is 15.7 Å². The number of imidazole rings is 1. The summed E-state index contributed by atoms with van der Waals surface area (Å²) in [6.07, 6.45) is 3.46. The molecule has 108 valence electrons. The fourth-order valence-corrected chi connectivity index (χ4v) is 2.59. The first-order chi connectivity index (χ1) is 9.90. The SMILES string of the molecule is Cn1c(O)c(/C=C2\C=Nc3cc(Cl)c(Cl)cc32)n(C)c1=N. The average molecular weight is 323 g/mol. The van der Waals surface area contributed by atoms with Crippen LogP contribution in [-0.4, -0.2) is 20.5 Å². The van der Waals surface area contributed by atoms with Gasteiger partial charge in [0.15, 0.2) is 0 Å². The molecule has 3 rings (SSSR count). The highest BCUT2D eigenvalue weighted by Crippen LogP contribution is 2.38. The third-order valence-corrected chi connectivity index (χ3v) is 4.25. The van der Waals surface area contributed by atoms with Crippen molar-refractivity contribution in [3.05, 3.63) is 39.1 Å². The number of hydrogen-bond donors (Lipinski definition) is 2. The minimum absolute atomic E-state index is 0.0249. The highest BCUT2D eigenvalue weighted by Gasteiger charge is 2.17. The number of aromatic hydroxyl groups is 1. The van der Waals surface area contributed by atoms with E-state index >= 15 is 0 Å². The average Bonchev–Trinajstić information content (AvgIpc) is 2.91. The Labute approximate surface area is 130 Å². The number of rotatable bonds is 1. The number of fused-ring (bicyclic) bond motifs is 1. The Morgan fingerprint density at radius 1 is 1.19 bits per heavy atom. The molecule has 0 saturated heterocycles. The van der Waals surface area contributed by atoms with Crippen LogP contribution >= 0.6 is 23.2 Å². The van der Waals surface area contributed by atoms with Crippen molar-refractivity contribution in [3.8, 4) is 5.88 Å². The highest BCUT2D eigenvalue weighted by atomic mass is 35.5. The number of allylic oxidation sites excluding steroid dienone is 1. The third kappa shape index (κ3) is 2.09. The van der Waals surface area contributed by atoms with Gasteiger partial charge in [0.1, 0.15) is 5.69 Å². The number of nitrogens with one attached hydrogen (secondary N) is 1. The molecule has 0 saturated carbocycles. The molecule has 1 aliphatic heterocycles. The number of nitrogens with zero attached hydrogens (tertiary/aromatic N) is 3. The lowest BCUT2D eigenvalue weighted by Crippen LogP contribution is -2.20. The Balaban J connectivity index is 2.18. The van der Waals surface area contributed by atoms with Gasteiger partial charge in [-0.3, -0.25) is 15.0 Å². The number of halogens is 2. The van der Waals surface area contributed by atoms with E-state index in [-0.39, 0.29) is 11.5 Å². The third-order valence-electron chi connectivity index (χ3n) is 3.53. The van der Waals surface area contributed by atoms with Crippen LogP contribution in [0.3, 0.4) is 0 Å². The van der Waals surface area contributed by atoms with Crippen molar-refractivity contribution in [2.45, 2.75) is 0 Å². The van der Waals surface area contributed by atoms with E-state index in [0.717, 1.165) is 16.8 Å². The first-order valence-corrected chi connectivity index (χ1v) is 6.90. The molecule has 0 unspecified atom stereocenters.